The van der Waals surface area contributed by atoms with Crippen molar-refractivity contribution in [3.05, 3.63) is 61.2 Å². The lowest BCUT2D eigenvalue weighted by atomic mass is 10.1. The van der Waals surface area contributed by atoms with Crippen LogP contribution in [0.3, 0.4) is 0 Å². The van der Waals surface area contributed by atoms with Gasteiger partial charge in [-0.25, -0.2) is 9.97 Å². The Morgan fingerprint density at radius 3 is 2.42 bits per heavy atom. The van der Waals surface area contributed by atoms with Crippen molar-refractivity contribution in [1.29, 1.82) is 0 Å². The van der Waals surface area contributed by atoms with Crippen molar-refractivity contribution >= 4 is 17.2 Å². The molecule has 170 valence electrons. The van der Waals surface area contributed by atoms with Crippen molar-refractivity contribution in [2.45, 2.75) is 0 Å². The highest BCUT2D eigenvalue weighted by molar-refractivity contribution is 5.68. The van der Waals surface area contributed by atoms with E-state index in [0.29, 0.717) is 0 Å². The Labute approximate surface area is 193 Å². The molecule has 0 amide bonds. The van der Waals surface area contributed by atoms with Crippen LogP contribution in [0, 0.1) is 0 Å². The largest absolute Gasteiger partial charge is 0.379 e. The number of benzene rings is 1. The van der Waals surface area contributed by atoms with Gasteiger partial charge < -0.3 is 15.0 Å². The summed E-state index contributed by atoms with van der Waals surface area (Å²) < 4.78 is 7.48. The Morgan fingerprint density at radius 2 is 1.70 bits per heavy atom. The zero-order valence-electron chi connectivity index (χ0n) is 19.1. The van der Waals surface area contributed by atoms with Crippen molar-refractivity contribution < 1.29 is 4.74 Å². The van der Waals surface area contributed by atoms with Gasteiger partial charge in [-0.3, -0.25) is 14.3 Å². The van der Waals surface area contributed by atoms with E-state index in [1.807, 2.05) is 44.9 Å². The van der Waals surface area contributed by atoms with E-state index in [2.05, 4.69) is 64.8 Å². The number of fused-ring (bicyclic) bond motifs is 1. The fourth-order valence-corrected chi connectivity index (χ4v) is 4.00. The van der Waals surface area contributed by atoms with Crippen LogP contribution in [-0.4, -0.2) is 77.7 Å². The summed E-state index contributed by atoms with van der Waals surface area (Å²) >= 11 is 0. The molecule has 0 atom stereocenters. The molecule has 1 aliphatic heterocycles. The number of morpholine rings is 1. The van der Waals surface area contributed by atoms with Gasteiger partial charge in [0.2, 0.25) is 0 Å². The van der Waals surface area contributed by atoms with E-state index in [1.165, 1.54) is 5.69 Å². The second-order valence-corrected chi connectivity index (χ2v) is 8.40. The van der Waals surface area contributed by atoms with E-state index in [0.717, 1.165) is 73.4 Å². The molecule has 3 aromatic heterocycles. The van der Waals surface area contributed by atoms with Crippen molar-refractivity contribution in [2.75, 3.05) is 63.7 Å². The Hall–Kier alpha value is -3.49. The molecule has 1 aromatic carbocycles. The molecule has 4 aromatic rings. The lowest BCUT2D eigenvalue weighted by Crippen LogP contribution is -2.39. The number of pyridine rings is 1. The van der Waals surface area contributed by atoms with E-state index < -0.39 is 0 Å². The quantitative estimate of drug-likeness (QED) is 0.470. The van der Waals surface area contributed by atoms with E-state index in [4.69, 9.17) is 4.74 Å². The Kier molecular flexibility index (Phi) is 6.19. The summed E-state index contributed by atoms with van der Waals surface area (Å²) in [4.78, 5) is 18.2. The summed E-state index contributed by atoms with van der Waals surface area (Å²) in [5.41, 5.74) is 5.97. The van der Waals surface area contributed by atoms with Gasteiger partial charge >= 0.3 is 0 Å². The summed E-state index contributed by atoms with van der Waals surface area (Å²) in [7, 11) is 4.08. The van der Waals surface area contributed by atoms with Crippen LogP contribution in [0.2, 0.25) is 0 Å². The van der Waals surface area contributed by atoms with E-state index >= 15 is 0 Å². The van der Waals surface area contributed by atoms with Crippen LogP contribution < -0.4 is 10.2 Å². The van der Waals surface area contributed by atoms with Gasteiger partial charge in [0.15, 0.2) is 5.65 Å². The Bertz CT molecular complexity index is 1200. The van der Waals surface area contributed by atoms with Crippen LogP contribution in [0.5, 0.6) is 0 Å². The number of rotatable bonds is 7. The molecular weight excluding hydrogens is 414 g/mol. The van der Waals surface area contributed by atoms with Gasteiger partial charge in [0.05, 0.1) is 37.0 Å². The fourth-order valence-electron chi connectivity index (χ4n) is 4.00. The minimum absolute atomic E-state index is 0.819. The molecule has 4 heterocycles. The topological polar surface area (TPSA) is 70.8 Å². The number of anilines is 2. The molecule has 0 aliphatic carbocycles. The lowest BCUT2D eigenvalue weighted by Gasteiger charge is -2.26. The van der Waals surface area contributed by atoms with E-state index in [9.17, 15) is 0 Å². The molecule has 8 heteroatoms. The monoisotopic (exact) mass is 443 g/mol. The summed E-state index contributed by atoms with van der Waals surface area (Å²) in [5, 5.41) is 3.41. The van der Waals surface area contributed by atoms with Gasteiger partial charge in [0, 0.05) is 69.5 Å². The Morgan fingerprint density at radius 1 is 0.909 bits per heavy atom. The van der Waals surface area contributed by atoms with Gasteiger partial charge in [0.1, 0.15) is 5.82 Å². The number of ether oxygens (including phenoxy) is 1. The second kappa shape index (κ2) is 9.56. The fraction of sp³-hybridized carbons (Fsp3) is 0.320. The van der Waals surface area contributed by atoms with Gasteiger partial charge in [0.25, 0.3) is 0 Å². The number of nitrogens with zero attached hydrogens (tertiary/aromatic N) is 6. The minimum Gasteiger partial charge on any atom is -0.379 e. The van der Waals surface area contributed by atoms with Crippen LogP contribution >= 0.6 is 0 Å². The Balaban J connectivity index is 1.30. The van der Waals surface area contributed by atoms with Crippen LogP contribution in [0.25, 0.3) is 28.2 Å². The van der Waals surface area contributed by atoms with Crippen LogP contribution in [0.1, 0.15) is 0 Å². The molecule has 0 radical (unpaired) electrons. The summed E-state index contributed by atoms with van der Waals surface area (Å²) in [6.07, 6.45) is 7.60. The molecule has 0 spiro atoms. The van der Waals surface area contributed by atoms with Crippen LogP contribution in [0.4, 0.5) is 11.5 Å². The van der Waals surface area contributed by atoms with Gasteiger partial charge in [-0.1, -0.05) is 12.1 Å². The maximum absolute atomic E-state index is 5.40. The first-order valence-corrected chi connectivity index (χ1v) is 11.3. The molecule has 0 saturated carbocycles. The maximum atomic E-state index is 5.40. The van der Waals surface area contributed by atoms with Gasteiger partial charge in [-0.15, -0.1) is 0 Å². The van der Waals surface area contributed by atoms with Crippen LogP contribution in [0.15, 0.2) is 61.2 Å². The molecule has 1 fully saturated rings. The average Bonchev–Trinajstić information content (AvgIpc) is 3.28. The molecule has 1 N–H and O–H groups in total. The molecule has 5 rings (SSSR count). The highest BCUT2D eigenvalue weighted by Crippen LogP contribution is 2.25. The van der Waals surface area contributed by atoms with Crippen molar-refractivity contribution in [1.82, 2.24) is 24.3 Å². The third kappa shape index (κ3) is 4.81. The third-order valence-electron chi connectivity index (χ3n) is 5.97. The number of hydrogen-bond acceptors (Lipinski definition) is 7. The lowest BCUT2D eigenvalue weighted by molar-refractivity contribution is 0.0398. The second-order valence-electron chi connectivity index (χ2n) is 8.40. The normalized spacial score (nSPS) is 14.5. The number of nitrogens with one attached hydrogen (secondary N) is 1. The first-order valence-electron chi connectivity index (χ1n) is 11.3. The summed E-state index contributed by atoms with van der Waals surface area (Å²) in [6, 6.07) is 12.5. The predicted molar refractivity (Wildman–Crippen MR) is 132 cm³/mol. The number of aromatic nitrogens is 4. The standard InChI is InChI=1S/C25H29N7O/c1-30(2)21-6-3-19(4-7-21)23-16-29-25-17-27-22(18-32(23)25)20-5-8-24(28-15-20)26-9-10-31-11-13-33-14-12-31/h3-8,15-18H,9-14H2,1-2H3,(H,26,28). The number of hydrogen-bond donors (Lipinski definition) is 1. The van der Waals surface area contributed by atoms with Crippen molar-refractivity contribution in [3.63, 3.8) is 0 Å². The molecule has 8 nitrogen and oxygen atoms in total. The van der Waals surface area contributed by atoms with Crippen molar-refractivity contribution in [3.8, 4) is 22.5 Å². The number of imidazole rings is 1. The highest BCUT2D eigenvalue weighted by Gasteiger charge is 2.11. The maximum Gasteiger partial charge on any atom is 0.155 e. The minimum atomic E-state index is 0.819. The SMILES string of the molecule is CN(C)c1ccc(-c2cnc3cnc(-c4ccc(NCCN5CCOCC5)nc4)cn23)cc1. The molecule has 0 unspecified atom stereocenters. The van der Waals surface area contributed by atoms with Gasteiger partial charge in [-0.05, 0) is 24.3 Å². The smallest absolute Gasteiger partial charge is 0.155 e. The summed E-state index contributed by atoms with van der Waals surface area (Å²) in [5.74, 6) is 0.873. The van der Waals surface area contributed by atoms with Gasteiger partial charge in [-0.2, -0.15) is 0 Å². The highest BCUT2D eigenvalue weighted by atomic mass is 16.5. The molecule has 0 bridgehead atoms. The van der Waals surface area contributed by atoms with Crippen LogP contribution in [-0.2, 0) is 4.74 Å². The van der Waals surface area contributed by atoms with E-state index in [-0.39, 0.29) is 0 Å². The zero-order chi connectivity index (χ0) is 22.6. The molecule has 33 heavy (non-hydrogen) atoms. The summed E-state index contributed by atoms with van der Waals surface area (Å²) in [6.45, 7) is 5.50. The molecular formula is C25H29N7O. The third-order valence-corrected chi connectivity index (χ3v) is 5.97. The zero-order valence-corrected chi connectivity index (χ0v) is 19.1. The first-order chi connectivity index (χ1) is 16.2. The average molecular weight is 444 g/mol. The first kappa shape index (κ1) is 21.4. The van der Waals surface area contributed by atoms with E-state index in [1.54, 1.807) is 0 Å². The molecule has 1 saturated heterocycles. The molecule has 1 aliphatic rings. The van der Waals surface area contributed by atoms with Crippen molar-refractivity contribution in [2.24, 2.45) is 0 Å². The predicted octanol–water partition coefficient (Wildman–Crippen LogP) is 3.27.